The number of para-hydroxylation sites is 1. The SMILES string of the molecule is CS(=O)(=O)N1CC[C@]2(O)CCN(Cc3cc4ccccc4[nH]c3=O)C[C@@H]2C1. The van der Waals surface area contributed by atoms with Gasteiger partial charge in [-0.25, -0.2) is 12.7 Å². The van der Waals surface area contributed by atoms with Gasteiger partial charge in [0.1, 0.15) is 0 Å². The molecular weight excluding hydrogens is 366 g/mol. The van der Waals surface area contributed by atoms with Crippen molar-refractivity contribution in [1.82, 2.24) is 14.2 Å². The molecule has 0 unspecified atom stereocenters. The minimum absolute atomic E-state index is 0.101. The van der Waals surface area contributed by atoms with Gasteiger partial charge in [-0.2, -0.15) is 0 Å². The molecule has 8 heteroatoms. The summed E-state index contributed by atoms with van der Waals surface area (Å²) in [4.78, 5) is 17.5. The molecule has 0 amide bonds. The molecule has 0 aliphatic carbocycles. The number of pyridine rings is 1. The molecule has 0 saturated carbocycles. The molecule has 2 atom stereocenters. The van der Waals surface area contributed by atoms with Gasteiger partial charge in [-0.15, -0.1) is 0 Å². The molecule has 146 valence electrons. The van der Waals surface area contributed by atoms with Gasteiger partial charge in [-0.1, -0.05) is 18.2 Å². The molecule has 1 aromatic heterocycles. The van der Waals surface area contributed by atoms with Gasteiger partial charge in [0, 0.05) is 49.7 Å². The largest absolute Gasteiger partial charge is 0.389 e. The maximum absolute atomic E-state index is 12.4. The number of likely N-dealkylation sites (tertiary alicyclic amines) is 1. The first-order valence-corrected chi connectivity index (χ1v) is 11.1. The molecule has 2 aliphatic rings. The lowest BCUT2D eigenvalue weighted by Gasteiger charge is -2.49. The second kappa shape index (κ2) is 6.70. The third-order valence-electron chi connectivity index (χ3n) is 6.01. The Kier molecular flexibility index (Phi) is 4.62. The summed E-state index contributed by atoms with van der Waals surface area (Å²) in [7, 11) is -3.26. The summed E-state index contributed by atoms with van der Waals surface area (Å²) < 4.78 is 25.2. The van der Waals surface area contributed by atoms with Crippen molar-refractivity contribution < 1.29 is 13.5 Å². The number of rotatable bonds is 3. The Morgan fingerprint density at radius 2 is 1.96 bits per heavy atom. The second-order valence-corrected chi connectivity index (χ2v) is 9.85. The highest BCUT2D eigenvalue weighted by molar-refractivity contribution is 7.88. The summed E-state index contributed by atoms with van der Waals surface area (Å²) in [6.07, 6.45) is 2.28. The third kappa shape index (κ3) is 3.67. The molecule has 0 spiro atoms. The van der Waals surface area contributed by atoms with Crippen LogP contribution in [-0.4, -0.2) is 65.7 Å². The van der Waals surface area contributed by atoms with E-state index < -0.39 is 15.6 Å². The van der Waals surface area contributed by atoms with E-state index >= 15 is 0 Å². The number of fused-ring (bicyclic) bond motifs is 2. The molecule has 0 radical (unpaired) electrons. The minimum atomic E-state index is -3.26. The van der Waals surface area contributed by atoms with Crippen molar-refractivity contribution >= 4 is 20.9 Å². The van der Waals surface area contributed by atoms with Crippen LogP contribution in [0.1, 0.15) is 18.4 Å². The van der Waals surface area contributed by atoms with Gasteiger partial charge in [0.25, 0.3) is 5.56 Å². The van der Waals surface area contributed by atoms with E-state index in [0.29, 0.717) is 51.1 Å². The van der Waals surface area contributed by atoms with E-state index in [1.54, 1.807) is 0 Å². The van der Waals surface area contributed by atoms with Crippen LogP contribution in [0, 0.1) is 5.92 Å². The van der Waals surface area contributed by atoms with E-state index in [1.165, 1.54) is 10.6 Å². The van der Waals surface area contributed by atoms with Gasteiger partial charge in [0.05, 0.1) is 11.9 Å². The predicted octanol–water partition coefficient (Wildman–Crippen LogP) is 0.746. The van der Waals surface area contributed by atoms with E-state index in [1.807, 2.05) is 30.3 Å². The lowest BCUT2D eigenvalue weighted by atomic mass is 9.76. The smallest absolute Gasteiger partial charge is 0.252 e. The summed E-state index contributed by atoms with van der Waals surface area (Å²) in [5.74, 6) is -0.144. The average Bonchev–Trinajstić information content (AvgIpc) is 2.61. The van der Waals surface area contributed by atoms with Crippen molar-refractivity contribution in [1.29, 1.82) is 0 Å². The molecule has 7 nitrogen and oxygen atoms in total. The van der Waals surface area contributed by atoms with Crippen molar-refractivity contribution in [2.24, 2.45) is 5.92 Å². The number of sulfonamides is 1. The number of benzene rings is 1. The standard InChI is InChI=1S/C19H25N3O4S/c1-27(25,26)22-9-7-19(24)6-8-21(12-16(19)13-22)11-15-10-14-4-2-3-5-17(14)20-18(15)23/h2-5,10,16,24H,6-9,11-13H2,1H3,(H,20,23)/t16-,19-/m1/s1. The van der Waals surface area contributed by atoms with Crippen molar-refractivity contribution in [2.75, 3.05) is 32.4 Å². The zero-order valence-corrected chi connectivity index (χ0v) is 16.2. The van der Waals surface area contributed by atoms with Crippen LogP contribution in [0.25, 0.3) is 10.9 Å². The molecule has 2 aromatic rings. The molecular formula is C19H25N3O4S. The minimum Gasteiger partial charge on any atom is -0.389 e. The van der Waals surface area contributed by atoms with Crippen LogP contribution in [-0.2, 0) is 16.6 Å². The Labute approximate surface area is 158 Å². The molecule has 2 N–H and O–H groups in total. The first-order chi connectivity index (χ1) is 12.7. The van der Waals surface area contributed by atoms with E-state index in [2.05, 4.69) is 9.88 Å². The molecule has 1 aromatic carbocycles. The van der Waals surface area contributed by atoms with Crippen molar-refractivity contribution in [3.63, 3.8) is 0 Å². The first kappa shape index (κ1) is 18.6. The van der Waals surface area contributed by atoms with Crippen LogP contribution in [0.3, 0.4) is 0 Å². The van der Waals surface area contributed by atoms with Gasteiger partial charge in [-0.3, -0.25) is 9.69 Å². The number of hydrogen-bond acceptors (Lipinski definition) is 5. The molecule has 2 saturated heterocycles. The summed E-state index contributed by atoms with van der Waals surface area (Å²) >= 11 is 0. The van der Waals surface area contributed by atoms with Crippen molar-refractivity contribution in [3.8, 4) is 0 Å². The number of hydrogen-bond donors (Lipinski definition) is 2. The summed E-state index contributed by atoms with van der Waals surface area (Å²) in [6, 6.07) is 9.59. The predicted molar refractivity (Wildman–Crippen MR) is 104 cm³/mol. The van der Waals surface area contributed by atoms with Crippen LogP contribution in [0.4, 0.5) is 0 Å². The lowest BCUT2D eigenvalue weighted by molar-refractivity contribution is -0.103. The average molecular weight is 391 g/mol. The Morgan fingerprint density at radius 3 is 2.74 bits per heavy atom. The van der Waals surface area contributed by atoms with Crippen LogP contribution in [0.5, 0.6) is 0 Å². The number of nitrogens with zero attached hydrogens (tertiary/aromatic N) is 2. The fraction of sp³-hybridized carbons (Fsp3) is 0.526. The van der Waals surface area contributed by atoms with Crippen LogP contribution >= 0.6 is 0 Å². The molecule has 0 bridgehead atoms. The number of aromatic amines is 1. The highest BCUT2D eigenvalue weighted by Gasteiger charge is 2.46. The van der Waals surface area contributed by atoms with Gasteiger partial charge in [-0.05, 0) is 30.4 Å². The maximum atomic E-state index is 12.4. The number of aromatic nitrogens is 1. The highest BCUT2D eigenvalue weighted by atomic mass is 32.2. The van der Waals surface area contributed by atoms with Crippen LogP contribution < -0.4 is 5.56 Å². The lowest BCUT2D eigenvalue weighted by Crippen LogP contribution is -2.60. The Balaban J connectivity index is 1.53. The van der Waals surface area contributed by atoms with Crippen LogP contribution in [0.15, 0.2) is 35.1 Å². The number of H-pyrrole nitrogens is 1. The fourth-order valence-electron chi connectivity index (χ4n) is 4.34. The van der Waals surface area contributed by atoms with Gasteiger partial charge in [0.2, 0.25) is 10.0 Å². The van der Waals surface area contributed by atoms with E-state index in [0.717, 1.165) is 10.9 Å². The van der Waals surface area contributed by atoms with Crippen molar-refractivity contribution in [2.45, 2.75) is 25.0 Å². The highest BCUT2D eigenvalue weighted by Crippen LogP contribution is 2.36. The summed E-state index contributed by atoms with van der Waals surface area (Å²) in [5.41, 5.74) is 0.592. The van der Waals surface area contributed by atoms with E-state index in [-0.39, 0.29) is 11.5 Å². The van der Waals surface area contributed by atoms with E-state index in [9.17, 15) is 18.3 Å². The fourth-order valence-corrected chi connectivity index (χ4v) is 5.21. The monoisotopic (exact) mass is 391 g/mol. The quantitative estimate of drug-likeness (QED) is 0.805. The summed E-state index contributed by atoms with van der Waals surface area (Å²) in [6.45, 7) is 2.47. The number of aliphatic hydroxyl groups is 1. The normalized spacial score (nSPS) is 27.6. The van der Waals surface area contributed by atoms with Gasteiger partial charge < -0.3 is 10.1 Å². The Morgan fingerprint density at radius 1 is 1.22 bits per heavy atom. The maximum Gasteiger partial charge on any atom is 0.252 e. The Hall–Kier alpha value is -1.74. The zero-order valence-electron chi connectivity index (χ0n) is 15.4. The van der Waals surface area contributed by atoms with Gasteiger partial charge in [0.15, 0.2) is 0 Å². The number of nitrogens with one attached hydrogen (secondary N) is 1. The molecule has 2 fully saturated rings. The topological polar surface area (TPSA) is 93.7 Å². The Bertz CT molecular complexity index is 1020. The second-order valence-electron chi connectivity index (χ2n) is 7.87. The summed E-state index contributed by atoms with van der Waals surface area (Å²) in [5, 5.41) is 11.9. The van der Waals surface area contributed by atoms with E-state index in [4.69, 9.17) is 0 Å². The third-order valence-corrected chi connectivity index (χ3v) is 7.28. The number of piperidine rings is 2. The molecule has 3 heterocycles. The molecule has 2 aliphatic heterocycles. The van der Waals surface area contributed by atoms with Crippen LogP contribution in [0.2, 0.25) is 0 Å². The van der Waals surface area contributed by atoms with Crippen molar-refractivity contribution in [3.05, 3.63) is 46.2 Å². The molecule has 4 rings (SSSR count). The molecule has 27 heavy (non-hydrogen) atoms. The zero-order chi connectivity index (χ0) is 19.2. The first-order valence-electron chi connectivity index (χ1n) is 9.25. The van der Waals surface area contributed by atoms with Gasteiger partial charge >= 0.3 is 0 Å².